The van der Waals surface area contributed by atoms with Crippen molar-refractivity contribution in [2.75, 3.05) is 33.3 Å². The fourth-order valence-corrected chi connectivity index (χ4v) is 3.05. The van der Waals surface area contributed by atoms with Crippen molar-refractivity contribution >= 4 is 0 Å². The molecule has 0 radical (unpaired) electrons. The highest BCUT2D eigenvalue weighted by Crippen LogP contribution is 2.40. The van der Waals surface area contributed by atoms with E-state index in [1.54, 1.807) is 12.1 Å². The van der Waals surface area contributed by atoms with Crippen LogP contribution in [0.5, 0.6) is 5.75 Å². The number of hydrogen-bond donors (Lipinski definition) is 1. The first-order valence-electron chi connectivity index (χ1n) is 7.56. The van der Waals surface area contributed by atoms with Gasteiger partial charge in [-0.1, -0.05) is 18.9 Å². The summed E-state index contributed by atoms with van der Waals surface area (Å²) in [5.41, 5.74) is 1.09. The number of nitrogens with zero attached hydrogens (tertiary/aromatic N) is 1. The maximum Gasteiger partial charge on any atom is 0.165 e. The molecular formula is C16H23FN2O. The van der Waals surface area contributed by atoms with Gasteiger partial charge in [0.15, 0.2) is 11.6 Å². The normalized spacial score (nSPS) is 21.7. The third-order valence-electron chi connectivity index (χ3n) is 4.41. The molecule has 0 unspecified atom stereocenters. The molecule has 1 atom stereocenters. The predicted octanol–water partition coefficient (Wildman–Crippen LogP) is 2.58. The summed E-state index contributed by atoms with van der Waals surface area (Å²) in [5.74, 6) is 0.917. The van der Waals surface area contributed by atoms with Crippen molar-refractivity contribution < 1.29 is 9.13 Å². The molecule has 1 N–H and O–H groups in total. The van der Waals surface area contributed by atoms with E-state index in [1.165, 1.54) is 20.0 Å². The Labute approximate surface area is 120 Å². The zero-order valence-corrected chi connectivity index (χ0v) is 12.1. The van der Waals surface area contributed by atoms with E-state index in [-0.39, 0.29) is 5.82 Å². The van der Waals surface area contributed by atoms with E-state index in [9.17, 15) is 4.39 Å². The fourth-order valence-electron chi connectivity index (χ4n) is 3.05. The summed E-state index contributed by atoms with van der Waals surface area (Å²) in [4.78, 5) is 2.50. The van der Waals surface area contributed by atoms with Crippen molar-refractivity contribution in [3.63, 3.8) is 0 Å². The Kier molecular flexibility index (Phi) is 4.22. The van der Waals surface area contributed by atoms with E-state index >= 15 is 0 Å². The summed E-state index contributed by atoms with van der Waals surface area (Å²) >= 11 is 0. The number of methoxy groups -OCH3 is 1. The maximum absolute atomic E-state index is 14.0. The third kappa shape index (κ3) is 3.13. The molecule has 0 spiro atoms. The van der Waals surface area contributed by atoms with Crippen LogP contribution in [0, 0.1) is 11.7 Å². The number of nitrogens with one attached hydrogen (secondary N) is 1. The van der Waals surface area contributed by atoms with Crippen LogP contribution in [0.2, 0.25) is 0 Å². The van der Waals surface area contributed by atoms with Gasteiger partial charge in [-0.2, -0.15) is 0 Å². The summed E-state index contributed by atoms with van der Waals surface area (Å²) in [5, 5.41) is 3.38. The monoisotopic (exact) mass is 278 g/mol. The molecule has 1 aliphatic heterocycles. The average Bonchev–Trinajstić information content (AvgIpc) is 3.30. The molecule has 0 bridgehead atoms. The van der Waals surface area contributed by atoms with Crippen molar-refractivity contribution in [3.05, 3.63) is 29.6 Å². The minimum Gasteiger partial charge on any atom is -0.494 e. The maximum atomic E-state index is 14.0. The SMILES string of the molecule is COc1ccc([C@H](CC2CC2)N2CCNCC2)cc1F. The lowest BCUT2D eigenvalue weighted by Gasteiger charge is -2.35. The van der Waals surface area contributed by atoms with Crippen LogP contribution in [0.4, 0.5) is 4.39 Å². The lowest BCUT2D eigenvalue weighted by Crippen LogP contribution is -2.45. The highest BCUT2D eigenvalue weighted by atomic mass is 19.1. The van der Waals surface area contributed by atoms with Crippen molar-refractivity contribution in [2.45, 2.75) is 25.3 Å². The zero-order chi connectivity index (χ0) is 13.9. The second-order valence-electron chi connectivity index (χ2n) is 5.87. The lowest BCUT2D eigenvalue weighted by atomic mass is 9.98. The molecule has 1 aromatic carbocycles. The van der Waals surface area contributed by atoms with Gasteiger partial charge in [-0.15, -0.1) is 0 Å². The van der Waals surface area contributed by atoms with Crippen LogP contribution in [-0.2, 0) is 0 Å². The molecule has 1 saturated carbocycles. The van der Waals surface area contributed by atoms with Gasteiger partial charge in [0.05, 0.1) is 7.11 Å². The molecule has 110 valence electrons. The number of rotatable bonds is 5. The average molecular weight is 278 g/mol. The van der Waals surface area contributed by atoms with E-state index in [0.717, 1.165) is 44.1 Å². The van der Waals surface area contributed by atoms with Crippen LogP contribution in [0.15, 0.2) is 18.2 Å². The molecule has 2 fully saturated rings. The summed E-state index contributed by atoms with van der Waals surface area (Å²) in [6.07, 6.45) is 3.83. The first-order valence-corrected chi connectivity index (χ1v) is 7.56. The third-order valence-corrected chi connectivity index (χ3v) is 4.41. The van der Waals surface area contributed by atoms with Crippen molar-refractivity contribution in [3.8, 4) is 5.75 Å². The molecule has 1 aromatic rings. The zero-order valence-electron chi connectivity index (χ0n) is 12.1. The van der Waals surface area contributed by atoms with Crippen LogP contribution in [-0.4, -0.2) is 38.2 Å². The lowest BCUT2D eigenvalue weighted by molar-refractivity contribution is 0.160. The largest absolute Gasteiger partial charge is 0.494 e. The molecule has 1 heterocycles. The van der Waals surface area contributed by atoms with Gasteiger partial charge in [0.2, 0.25) is 0 Å². The minimum absolute atomic E-state index is 0.249. The molecule has 3 nitrogen and oxygen atoms in total. The van der Waals surface area contributed by atoms with Crippen LogP contribution in [0.25, 0.3) is 0 Å². The summed E-state index contributed by atoms with van der Waals surface area (Å²) in [6, 6.07) is 5.79. The van der Waals surface area contributed by atoms with Gasteiger partial charge < -0.3 is 10.1 Å². The highest BCUT2D eigenvalue weighted by molar-refractivity contribution is 5.31. The predicted molar refractivity (Wildman–Crippen MR) is 77.5 cm³/mol. The van der Waals surface area contributed by atoms with Gasteiger partial charge in [-0.05, 0) is 30.0 Å². The number of ether oxygens (including phenoxy) is 1. The van der Waals surface area contributed by atoms with E-state index in [4.69, 9.17) is 4.74 Å². The summed E-state index contributed by atoms with van der Waals surface area (Å²) in [6.45, 7) is 4.15. The number of halogens is 1. The Balaban J connectivity index is 1.81. The first kappa shape index (κ1) is 13.8. The quantitative estimate of drug-likeness (QED) is 0.896. The smallest absolute Gasteiger partial charge is 0.165 e. The molecule has 2 aliphatic rings. The van der Waals surface area contributed by atoms with E-state index in [2.05, 4.69) is 10.2 Å². The van der Waals surface area contributed by atoms with Gasteiger partial charge in [0.1, 0.15) is 0 Å². The van der Waals surface area contributed by atoms with Crippen LogP contribution < -0.4 is 10.1 Å². The molecule has 0 aromatic heterocycles. The fraction of sp³-hybridized carbons (Fsp3) is 0.625. The van der Waals surface area contributed by atoms with Gasteiger partial charge in [0, 0.05) is 32.2 Å². The second kappa shape index (κ2) is 6.10. The van der Waals surface area contributed by atoms with Crippen molar-refractivity contribution in [1.82, 2.24) is 10.2 Å². The van der Waals surface area contributed by atoms with E-state index in [0.29, 0.717) is 11.8 Å². The van der Waals surface area contributed by atoms with Gasteiger partial charge in [-0.3, -0.25) is 4.90 Å². The minimum atomic E-state index is -0.249. The van der Waals surface area contributed by atoms with E-state index < -0.39 is 0 Å². The van der Waals surface area contributed by atoms with Gasteiger partial charge in [-0.25, -0.2) is 4.39 Å². The Morgan fingerprint density at radius 2 is 2.10 bits per heavy atom. The number of benzene rings is 1. The Morgan fingerprint density at radius 1 is 1.35 bits per heavy atom. The van der Waals surface area contributed by atoms with Crippen LogP contribution in [0.1, 0.15) is 30.9 Å². The molecule has 1 aliphatic carbocycles. The molecule has 1 saturated heterocycles. The van der Waals surface area contributed by atoms with Crippen molar-refractivity contribution in [2.24, 2.45) is 5.92 Å². The second-order valence-corrected chi connectivity index (χ2v) is 5.87. The number of hydrogen-bond acceptors (Lipinski definition) is 3. The summed E-state index contributed by atoms with van der Waals surface area (Å²) < 4.78 is 19.0. The van der Waals surface area contributed by atoms with Crippen molar-refractivity contribution in [1.29, 1.82) is 0 Å². The molecular weight excluding hydrogens is 255 g/mol. The Bertz CT molecular complexity index is 456. The van der Waals surface area contributed by atoms with Crippen LogP contribution in [0.3, 0.4) is 0 Å². The van der Waals surface area contributed by atoms with E-state index in [1.807, 2.05) is 6.07 Å². The molecule has 20 heavy (non-hydrogen) atoms. The van der Waals surface area contributed by atoms with Gasteiger partial charge in [0.25, 0.3) is 0 Å². The molecule has 4 heteroatoms. The topological polar surface area (TPSA) is 24.5 Å². The number of piperazine rings is 1. The molecule has 0 amide bonds. The Hall–Kier alpha value is -1.13. The summed E-state index contributed by atoms with van der Waals surface area (Å²) in [7, 11) is 1.51. The van der Waals surface area contributed by atoms with Crippen LogP contribution >= 0.6 is 0 Å². The van der Waals surface area contributed by atoms with Gasteiger partial charge >= 0.3 is 0 Å². The standard InChI is InChI=1S/C16H23FN2O/c1-20-16-5-4-13(11-14(16)17)15(10-12-2-3-12)19-8-6-18-7-9-19/h4-5,11-12,15,18H,2-3,6-10H2,1H3/t15-/m0/s1. The first-order chi connectivity index (χ1) is 9.78. The molecule has 3 rings (SSSR count). The highest BCUT2D eigenvalue weighted by Gasteiger charge is 2.30. The Morgan fingerprint density at radius 3 is 2.70 bits per heavy atom.